The lowest BCUT2D eigenvalue weighted by molar-refractivity contribution is 0.0940. The Kier molecular flexibility index (Phi) is 6.56. The lowest BCUT2D eigenvalue weighted by Gasteiger charge is -2.18. The van der Waals surface area contributed by atoms with E-state index in [9.17, 15) is 19.1 Å². The van der Waals surface area contributed by atoms with Gasteiger partial charge in [-0.1, -0.05) is 42.5 Å². The van der Waals surface area contributed by atoms with E-state index in [0.29, 0.717) is 37.4 Å². The minimum absolute atomic E-state index is 0.113. The first-order valence-electron chi connectivity index (χ1n) is 10.5. The molecule has 0 spiro atoms. The Morgan fingerprint density at radius 3 is 2.56 bits per heavy atom. The Bertz CT molecular complexity index is 1090. The molecule has 0 bridgehead atoms. The van der Waals surface area contributed by atoms with Crippen molar-refractivity contribution in [1.29, 1.82) is 0 Å². The van der Waals surface area contributed by atoms with Crippen LogP contribution in [0.4, 0.5) is 15.0 Å². The molecule has 6 nitrogen and oxygen atoms in total. The molecule has 1 aliphatic rings. The largest absolute Gasteiger partial charge is 0.388 e. The summed E-state index contributed by atoms with van der Waals surface area (Å²) < 4.78 is 13.1. The van der Waals surface area contributed by atoms with E-state index < -0.39 is 6.10 Å². The molecule has 3 aromatic rings. The lowest BCUT2D eigenvalue weighted by atomic mass is 10.0. The molecule has 0 saturated carbocycles. The number of anilines is 1. The molecule has 1 atom stereocenters. The topological polar surface area (TPSA) is 73.7 Å². The fraction of sp³-hybridized carbons (Fsp3) is 0.240. The van der Waals surface area contributed by atoms with E-state index in [4.69, 9.17) is 0 Å². The molecule has 0 aliphatic carbocycles. The van der Waals surface area contributed by atoms with Gasteiger partial charge in [0.15, 0.2) is 5.78 Å². The number of aliphatic hydroxyl groups excluding tert-OH is 1. The van der Waals surface area contributed by atoms with E-state index in [1.165, 1.54) is 18.3 Å². The van der Waals surface area contributed by atoms with Gasteiger partial charge >= 0.3 is 6.03 Å². The summed E-state index contributed by atoms with van der Waals surface area (Å²) >= 11 is 0. The van der Waals surface area contributed by atoms with Crippen LogP contribution in [0.3, 0.4) is 0 Å². The van der Waals surface area contributed by atoms with E-state index in [2.05, 4.69) is 4.98 Å². The van der Waals surface area contributed by atoms with Gasteiger partial charge in [-0.15, -0.1) is 0 Å². The third kappa shape index (κ3) is 5.00. The highest BCUT2D eigenvalue weighted by Crippen LogP contribution is 2.23. The van der Waals surface area contributed by atoms with Gasteiger partial charge in [0.1, 0.15) is 11.6 Å². The second-order valence-corrected chi connectivity index (χ2v) is 7.77. The van der Waals surface area contributed by atoms with Gasteiger partial charge in [-0.2, -0.15) is 0 Å². The zero-order chi connectivity index (χ0) is 22.5. The number of benzene rings is 2. The Hall–Kier alpha value is -3.58. The minimum Gasteiger partial charge on any atom is -0.388 e. The Labute approximate surface area is 185 Å². The maximum atomic E-state index is 13.1. The Morgan fingerprint density at radius 2 is 1.81 bits per heavy atom. The number of ketones is 1. The maximum absolute atomic E-state index is 13.1. The van der Waals surface area contributed by atoms with E-state index in [-0.39, 0.29) is 24.1 Å². The van der Waals surface area contributed by atoms with Crippen LogP contribution in [-0.4, -0.2) is 39.9 Å². The van der Waals surface area contributed by atoms with Crippen LogP contribution in [0.25, 0.3) is 0 Å². The number of hydrogen-bond donors (Lipinski definition) is 1. The zero-order valence-corrected chi connectivity index (χ0v) is 17.5. The average Bonchev–Trinajstić information content (AvgIpc) is 3.19. The summed E-state index contributed by atoms with van der Waals surface area (Å²) in [5.41, 5.74) is 2.08. The number of aliphatic hydroxyl groups is 1. The maximum Gasteiger partial charge on any atom is 0.326 e. The van der Waals surface area contributed by atoms with E-state index in [1.54, 1.807) is 34.1 Å². The summed E-state index contributed by atoms with van der Waals surface area (Å²) in [6.45, 7) is 1.35. The number of carbonyl (C=O) groups is 2. The van der Waals surface area contributed by atoms with Gasteiger partial charge in [-0.3, -0.25) is 9.69 Å². The van der Waals surface area contributed by atoms with Crippen molar-refractivity contribution < 1.29 is 19.1 Å². The molecule has 4 rings (SSSR count). The van der Waals surface area contributed by atoms with Crippen LogP contribution in [0.2, 0.25) is 0 Å². The number of rotatable bonds is 8. The van der Waals surface area contributed by atoms with Gasteiger partial charge in [0.25, 0.3) is 0 Å². The van der Waals surface area contributed by atoms with Crippen molar-refractivity contribution in [3.8, 4) is 0 Å². The van der Waals surface area contributed by atoms with Gasteiger partial charge in [0.2, 0.25) is 0 Å². The first-order valence-corrected chi connectivity index (χ1v) is 10.5. The van der Waals surface area contributed by atoms with Gasteiger partial charge in [0, 0.05) is 37.8 Å². The molecule has 1 saturated heterocycles. The number of hydrogen-bond acceptors (Lipinski definition) is 4. The van der Waals surface area contributed by atoms with Crippen LogP contribution in [-0.2, 0) is 6.54 Å². The van der Waals surface area contributed by atoms with Crippen LogP contribution >= 0.6 is 0 Å². The molecule has 164 valence electrons. The highest BCUT2D eigenvalue weighted by molar-refractivity contribution is 5.98. The molecule has 32 heavy (non-hydrogen) atoms. The standard InChI is InChI=1S/C25H24FN3O3/c26-21-8-6-18(7-9-21)17-28-14-15-29(25(28)32)24-16-20(12-13-27-24)23(31)11-10-22(30)19-4-2-1-3-5-19/h1-9,12-13,16,22,30H,10-11,14-15,17H2/t22-/m0/s1. The molecule has 0 radical (unpaired) electrons. The normalized spacial score (nSPS) is 14.6. The number of carbonyl (C=O) groups excluding carboxylic acids is 2. The van der Waals surface area contributed by atoms with Crippen LogP contribution in [0, 0.1) is 5.82 Å². The number of Topliss-reactive ketones (excluding diaryl/α,β-unsaturated/α-hetero) is 1. The Morgan fingerprint density at radius 1 is 1.06 bits per heavy atom. The first kappa shape index (κ1) is 21.6. The molecule has 1 fully saturated rings. The van der Waals surface area contributed by atoms with Crippen molar-refractivity contribution in [2.24, 2.45) is 0 Å². The average molecular weight is 433 g/mol. The molecular weight excluding hydrogens is 409 g/mol. The number of urea groups is 1. The summed E-state index contributed by atoms with van der Waals surface area (Å²) in [5, 5.41) is 10.3. The molecule has 1 N–H and O–H groups in total. The number of amides is 2. The van der Waals surface area contributed by atoms with Crippen LogP contribution < -0.4 is 4.90 Å². The SMILES string of the molecule is O=C(CC[C@H](O)c1ccccc1)c1ccnc(N2CCN(Cc3ccc(F)cc3)C2=O)c1. The summed E-state index contributed by atoms with van der Waals surface area (Å²) in [7, 11) is 0. The molecule has 1 aliphatic heterocycles. The number of halogens is 1. The van der Waals surface area contributed by atoms with Crippen molar-refractivity contribution in [2.75, 3.05) is 18.0 Å². The fourth-order valence-corrected chi connectivity index (χ4v) is 3.75. The van der Waals surface area contributed by atoms with Gasteiger partial charge < -0.3 is 10.0 Å². The highest BCUT2D eigenvalue weighted by atomic mass is 19.1. The van der Waals surface area contributed by atoms with Crippen molar-refractivity contribution in [3.05, 3.63) is 95.4 Å². The number of aromatic nitrogens is 1. The third-order valence-electron chi connectivity index (χ3n) is 5.55. The van der Waals surface area contributed by atoms with E-state index in [1.807, 2.05) is 30.3 Å². The van der Waals surface area contributed by atoms with Crippen molar-refractivity contribution in [1.82, 2.24) is 9.88 Å². The quantitative estimate of drug-likeness (QED) is 0.536. The number of nitrogens with zero attached hydrogens (tertiary/aromatic N) is 3. The summed E-state index contributed by atoms with van der Waals surface area (Å²) in [6.07, 6.45) is 1.31. The number of pyridine rings is 1. The third-order valence-corrected chi connectivity index (χ3v) is 5.55. The Balaban J connectivity index is 1.38. The molecular formula is C25H24FN3O3. The molecule has 2 amide bonds. The van der Waals surface area contributed by atoms with Gasteiger partial charge in [-0.25, -0.2) is 14.2 Å². The lowest BCUT2D eigenvalue weighted by Crippen LogP contribution is -2.32. The monoisotopic (exact) mass is 433 g/mol. The fourth-order valence-electron chi connectivity index (χ4n) is 3.75. The van der Waals surface area contributed by atoms with Crippen molar-refractivity contribution >= 4 is 17.6 Å². The van der Waals surface area contributed by atoms with Crippen molar-refractivity contribution in [2.45, 2.75) is 25.5 Å². The van der Waals surface area contributed by atoms with Gasteiger partial charge in [0.05, 0.1) is 6.10 Å². The predicted molar refractivity (Wildman–Crippen MR) is 119 cm³/mol. The highest BCUT2D eigenvalue weighted by Gasteiger charge is 2.30. The molecule has 2 heterocycles. The minimum atomic E-state index is -0.707. The zero-order valence-electron chi connectivity index (χ0n) is 17.5. The smallest absolute Gasteiger partial charge is 0.326 e. The molecule has 7 heteroatoms. The second-order valence-electron chi connectivity index (χ2n) is 7.77. The summed E-state index contributed by atoms with van der Waals surface area (Å²) in [6, 6.07) is 18.3. The molecule has 1 aromatic heterocycles. The summed E-state index contributed by atoms with van der Waals surface area (Å²) in [5.74, 6) is -0.00500. The first-order chi connectivity index (χ1) is 15.5. The van der Waals surface area contributed by atoms with Crippen LogP contribution in [0.1, 0.15) is 40.4 Å². The summed E-state index contributed by atoms with van der Waals surface area (Å²) in [4.78, 5) is 33.0. The van der Waals surface area contributed by atoms with Crippen molar-refractivity contribution in [3.63, 3.8) is 0 Å². The van der Waals surface area contributed by atoms with Crippen LogP contribution in [0.15, 0.2) is 72.9 Å². The molecule has 2 aromatic carbocycles. The van der Waals surface area contributed by atoms with Crippen LogP contribution in [0.5, 0.6) is 0 Å². The molecule has 0 unspecified atom stereocenters. The van der Waals surface area contributed by atoms with E-state index in [0.717, 1.165) is 11.1 Å². The predicted octanol–water partition coefficient (Wildman–Crippen LogP) is 4.36. The van der Waals surface area contributed by atoms with Gasteiger partial charge in [-0.05, 0) is 41.8 Å². The second kappa shape index (κ2) is 9.70. The van der Waals surface area contributed by atoms with E-state index >= 15 is 0 Å².